The summed E-state index contributed by atoms with van der Waals surface area (Å²) >= 11 is 0. The first kappa shape index (κ1) is 24.8. The highest BCUT2D eigenvalue weighted by Crippen LogP contribution is 2.37. The molecule has 2 atom stereocenters. The van der Waals surface area contributed by atoms with Crippen LogP contribution in [0.2, 0.25) is 0 Å². The summed E-state index contributed by atoms with van der Waals surface area (Å²) in [5, 5.41) is 14.1. The number of carbonyl (C=O) groups is 2. The highest BCUT2D eigenvalue weighted by Gasteiger charge is 2.41. The SMILES string of the molecule is CC1(F)CCN(C(=O)N2CCn3cc(C4=C(c5cnc6ccccn56)C(=O)CN4)c4cc(F)cc(c43)C2)CC1O. The standard InChI is InChI=1S/C29H28F2N6O3/c1-29(31)5-7-35(16-23(29)39)28(40)36-9-8-34-15-20(19-11-18(30)10-17(14-36)27(19)34)26-25(22(38)13-33-26)21-12-32-24-4-2-3-6-37(21)24/h2-4,6,10-12,15,23,33,39H,5,7-9,13-14,16H2,1H3. The fourth-order valence-corrected chi connectivity index (χ4v) is 6.15. The lowest BCUT2D eigenvalue weighted by atomic mass is 9.93. The first-order valence-electron chi connectivity index (χ1n) is 13.4. The number of likely N-dealkylation sites (tertiary alicyclic amines) is 1. The maximum atomic E-state index is 15.1. The van der Waals surface area contributed by atoms with Gasteiger partial charge in [-0.2, -0.15) is 0 Å². The van der Waals surface area contributed by atoms with Crippen molar-refractivity contribution in [3.63, 3.8) is 0 Å². The molecular weight excluding hydrogens is 518 g/mol. The number of nitrogens with zero attached hydrogens (tertiary/aromatic N) is 5. The molecule has 0 bridgehead atoms. The van der Waals surface area contributed by atoms with Gasteiger partial charge in [-0.1, -0.05) is 6.07 Å². The molecule has 9 nitrogen and oxygen atoms in total. The van der Waals surface area contributed by atoms with Crippen LogP contribution < -0.4 is 5.32 Å². The number of hydrogen-bond acceptors (Lipinski definition) is 5. The Morgan fingerprint density at radius 3 is 2.88 bits per heavy atom. The summed E-state index contributed by atoms with van der Waals surface area (Å²) in [7, 11) is 0. The minimum absolute atomic E-state index is 0.0526. The van der Waals surface area contributed by atoms with Crippen molar-refractivity contribution >= 4 is 39.6 Å². The number of amides is 2. The predicted octanol–water partition coefficient (Wildman–Crippen LogP) is 3.20. The Morgan fingerprint density at radius 1 is 1.20 bits per heavy atom. The van der Waals surface area contributed by atoms with E-state index in [9.17, 15) is 19.1 Å². The third kappa shape index (κ3) is 3.79. The van der Waals surface area contributed by atoms with Crippen molar-refractivity contribution in [2.45, 2.75) is 38.2 Å². The van der Waals surface area contributed by atoms with Gasteiger partial charge in [0, 0.05) is 55.9 Å². The quantitative estimate of drug-likeness (QED) is 0.403. The van der Waals surface area contributed by atoms with Crippen molar-refractivity contribution in [1.82, 2.24) is 29.1 Å². The van der Waals surface area contributed by atoms with Crippen molar-refractivity contribution in [2.24, 2.45) is 0 Å². The lowest BCUT2D eigenvalue weighted by Crippen LogP contribution is -2.56. The Kier molecular flexibility index (Phi) is 5.50. The normalized spacial score (nSPS) is 23.3. The number of Topliss-reactive ketones (excluding diaryl/α,β-unsaturated/α-hetero) is 1. The molecule has 0 aliphatic carbocycles. The molecule has 0 radical (unpaired) electrons. The van der Waals surface area contributed by atoms with E-state index in [1.807, 2.05) is 39.6 Å². The van der Waals surface area contributed by atoms with Crippen LogP contribution in [0.4, 0.5) is 13.6 Å². The molecule has 0 saturated carbocycles. The molecular formula is C29H28F2N6O3. The fourth-order valence-electron chi connectivity index (χ4n) is 6.15. The Balaban J connectivity index is 1.28. The molecule has 4 aromatic rings. The number of pyridine rings is 1. The molecule has 1 aromatic carbocycles. The molecule has 3 aromatic heterocycles. The summed E-state index contributed by atoms with van der Waals surface area (Å²) in [6.45, 7) is 2.56. The number of aromatic nitrogens is 3. The number of ketones is 1. The first-order chi connectivity index (χ1) is 19.2. The Hall–Kier alpha value is -4.25. The molecule has 1 saturated heterocycles. The molecule has 40 heavy (non-hydrogen) atoms. The number of aliphatic hydroxyl groups is 1. The van der Waals surface area contributed by atoms with Crippen molar-refractivity contribution in [2.75, 3.05) is 26.2 Å². The van der Waals surface area contributed by atoms with Gasteiger partial charge in [-0.3, -0.25) is 9.20 Å². The van der Waals surface area contributed by atoms with E-state index < -0.39 is 17.6 Å². The minimum atomic E-state index is -1.73. The van der Waals surface area contributed by atoms with E-state index in [1.54, 1.807) is 11.1 Å². The average molecular weight is 547 g/mol. The van der Waals surface area contributed by atoms with E-state index in [2.05, 4.69) is 10.3 Å². The number of hydrogen-bond donors (Lipinski definition) is 2. The van der Waals surface area contributed by atoms with Gasteiger partial charge < -0.3 is 24.8 Å². The van der Waals surface area contributed by atoms with Crippen LogP contribution in [0, 0.1) is 5.82 Å². The zero-order chi connectivity index (χ0) is 27.8. The zero-order valence-corrected chi connectivity index (χ0v) is 21.9. The number of alkyl halides is 1. The minimum Gasteiger partial charge on any atom is -0.388 e. The van der Waals surface area contributed by atoms with Gasteiger partial charge in [-0.15, -0.1) is 0 Å². The number of rotatable bonds is 2. The predicted molar refractivity (Wildman–Crippen MR) is 144 cm³/mol. The monoisotopic (exact) mass is 546 g/mol. The van der Waals surface area contributed by atoms with E-state index in [0.29, 0.717) is 46.6 Å². The third-order valence-electron chi connectivity index (χ3n) is 8.38. The van der Waals surface area contributed by atoms with Crippen LogP contribution in [0.25, 0.3) is 27.8 Å². The zero-order valence-electron chi connectivity index (χ0n) is 21.9. The van der Waals surface area contributed by atoms with Gasteiger partial charge >= 0.3 is 6.03 Å². The molecule has 3 aliphatic rings. The van der Waals surface area contributed by atoms with E-state index in [0.717, 1.165) is 11.2 Å². The van der Waals surface area contributed by atoms with Crippen LogP contribution in [0.5, 0.6) is 0 Å². The van der Waals surface area contributed by atoms with E-state index in [4.69, 9.17) is 0 Å². The number of nitrogens with one attached hydrogen (secondary N) is 1. The summed E-state index contributed by atoms with van der Waals surface area (Å²) in [5.74, 6) is -0.520. The highest BCUT2D eigenvalue weighted by atomic mass is 19.1. The van der Waals surface area contributed by atoms with E-state index in [-0.39, 0.29) is 44.4 Å². The number of halogens is 2. The van der Waals surface area contributed by atoms with Gasteiger partial charge in [0.05, 0.1) is 41.8 Å². The number of benzene rings is 1. The molecule has 11 heteroatoms. The lowest BCUT2D eigenvalue weighted by Gasteiger charge is -2.40. The maximum Gasteiger partial charge on any atom is 0.320 e. The van der Waals surface area contributed by atoms with Crippen LogP contribution >= 0.6 is 0 Å². The molecule has 3 aliphatic heterocycles. The number of aliphatic hydroxyl groups excluding tert-OH is 1. The number of imidazole rings is 1. The van der Waals surface area contributed by atoms with Gasteiger partial charge in [-0.05, 0) is 36.8 Å². The molecule has 7 rings (SSSR count). The largest absolute Gasteiger partial charge is 0.388 e. The highest BCUT2D eigenvalue weighted by molar-refractivity contribution is 6.32. The topological polar surface area (TPSA) is 95.1 Å². The maximum absolute atomic E-state index is 15.1. The number of urea groups is 1. The fraction of sp³-hybridized carbons (Fsp3) is 0.345. The van der Waals surface area contributed by atoms with E-state index in [1.165, 1.54) is 24.0 Å². The number of carbonyl (C=O) groups excluding carboxylic acids is 2. The second kappa shape index (κ2) is 8.88. The van der Waals surface area contributed by atoms with Gasteiger partial charge in [0.25, 0.3) is 0 Å². The van der Waals surface area contributed by atoms with Crippen LogP contribution in [0.3, 0.4) is 0 Å². The van der Waals surface area contributed by atoms with Crippen molar-refractivity contribution in [1.29, 1.82) is 0 Å². The summed E-state index contributed by atoms with van der Waals surface area (Å²) < 4.78 is 33.4. The van der Waals surface area contributed by atoms with Crippen molar-refractivity contribution in [3.05, 3.63) is 71.6 Å². The van der Waals surface area contributed by atoms with Gasteiger partial charge in [0.1, 0.15) is 23.2 Å². The number of β-amino-alcohol motifs (C(OH)–C–C–N with tert-alkyl or cyclic N) is 1. The Morgan fingerprint density at radius 2 is 2.05 bits per heavy atom. The Bertz CT molecular complexity index is 1740. The lowest BCUT2D eigenvalue weighted by molar-refractivity contribution is -0.112. The second-order valence-corrected chi connectivity index (χ2v) is 11.0. The third-order valence-corrected chi connectivity index (χ3v) is 8.38. The number of piperidine rings is 1. The summed E-state index contributed by atoms with van der Waals surface area (Å²) in [4.78, 5) is 34.0. The van der Waals surface area contributed by atoms with Gasteiger partial charge in [0.2, 0.25) is 0 Å². The Labute approximate surface area is 228 Å². The molecule has 6 heterocycles. The molecule has 2 N–H and O–H groups in total. The van der Waals surface area contributed by atoms with Crippen molar-refractivity contribution < 1.29 is 23.5 Å². The smallest absolute Gasteiger partial charge is 0.320 e. The van der Waals surface area contributed by atoms with Crippen LogP contribution in [-0.4, -0.2) is 78.6 Å². The van der Waals surface area contributed by atoms with Gasteiger partial charge in [-0.25, -0.2) is 18.6 Å². The van der Waals surface area contributed by atoms with Crippen LogP contribution in [0.1, 0.15) is 30.2 Å². The second-order valence-electron chi connectivity index (χ2n) is 11.0. The summed E-state index contributed by atoms with van der Waals surface area (Å²) in [5.41, 5.74) is 2.93. The van der Waals surface area contributed by atoms with Crippen molar-refractivity contribution in [3.8, 4) is 0 Å². The first-order valence-corrected chi connectivity index (χ1v) is 13.4. The summed E-state index contributed by atoms with van der Waals surface area (Å²) in [6.07, 6.45) is 4.23. The van der Waals surface area contributed by atoms with Gasteiger partial charge in [0.15, 0.2) is 5.78 Å². The summed E-state index contributed by atoms with van der Waals surface area (Å²) in [6, 6.07) is 8.22. The number of fused-ring (bicyclic) bond motifs is 1. The molecule has 1 fully saturated rings. The molecule has 206 valence electrons. The van der Waals surface area contributed by atoms with Crippen LogP contribution in [0.15, 0.2) is 48.9 Å². The van der Waals surface area contributed by atoms with E-state index >= 15 is 4.39 Å². The molecule has 0 spiro atoms. The average Bonchev–Trinajstić information content (AvgIpc) is 3.58. The molecule has 2 unspecified atom stereocenters. The van der Waals surface area contributed by atoms with Crippen LogP contribution in [-0.2, 0) is 17.9 Å². The molecule has 2 amide bonds.